The molecule has 28 heavy (non-hydrogen) atoms. The molecule has 0 heterocycles. The first-order valence-corrected chi connectivity index (χ1v) is 10.3. The lowest BCUT2D eigenvalue weighted by atomic mass is 10.1. The molecule has 7 heteroatoms. The number of aryl methyl sites for hydroxylation is 1. The number of sulfonamides is 1. The van der Waals surface area contributed by atoms with Crippen molar-refractivity contribution in [3.8, 4) is 0 Å². The Hall–Kier alpha value is -2.48. The Kier molecular flexibility index (Phi) is 7.92. The third kappa shape index (κ3) is 6.02. The average Bonchev–Trinajstić information content (AvgIpc) is 2.70. The summed E-state index contributed by atoms with van der Waals surface area (Å²) in [5, 5.41) is 0. The number of hydrogen-bond donors (Lipinski definition) is 1. The number of nitrogens with one attached hydrogen (secondary N) is 1. The SMILES string of the molecule is C=CCC(OCc1ccccc1)C(NS(=O)(=O)c1ccc(C)cc1)C(=O)OC. The van der Waals surface area contributed by atoms with Gasteiger partial charge in [-0.3, -0.25) is 4.79 Å². The van der Waals surface area contributed by atoms with E-state index >= 15 is 0 Å². The highest BCUT2D eigenvalue weighted by molar-refractivity contribution is 7.89. The van der Waals surface area contributed by atoms with Crippen molar-refractivity contribution in [1.29, 1.82) is 0 Å². The van der Waals surface area contributed by atoms with Crippen molar-refractivity contribution >= 4 is 16.0 Å². The summed E-state index contributed by atoms with van der Waals surface area (Å²) < 4.78 is 38.6. The fourth-order valence-electron chi connectivity index (χ4n) is 2.60. The Morgan fingerprint density at radius 2 is 1.79 bits per heavy atom. The largest absolute Gasteiger partial charge is 0.468 e. The summed E-state index contributed by atoms with van der Waals surface area (Å²) in [6.45, 7) is 5.76. The van der Waals surface area contributed by atoms with Crippen LogP contribution in [0.2, 0.25) is 0 Å². The molecular weight excluding hydrogens is 378 g/mol. The van der Waals surface area contributed by atoms with E-state index in [2.05, 4.69) is 11.3 Å². The number of esters is 1. The maximum absolute atomic E-state index is 12.8. The molecular formula is C21H25NO5S. The Morgan fingerprint density at radius 1 is 1.14 bits per heavy atom. The summed E-state index contributed by atoms with van der Waals surface area (Å²) in [6.07, 6.45) is 1.07. The number of carbonyl (C=O) groups excluding carboxylic acids is 1. The van der Waals surface area contributed by atoms with Crippen molar-refractivity contribution in [1.82, 2.24) is 4.72 Å². The van der Waals surface area contributed by atoms with Crippen LogP contribution in [-0.2, 0) is 30.9 Å². The molecule has 0 aliphatic rings. The summed E-state index contributed by atoms with van der Waals surface area (Å²) in [7, 11) is -2.74. The minimum atomic E-state index is -3.94. The van der Waals surface area contributed by atoms with Crippen LogP contribution in [0.15, 0.2) is 72.1 Å². The highest BCUT2D eigenvalue weighted by Crippen LogP contribution is 2.16. The molecule has 2 aromatic rings. The number of methoxy groups -OCH3 is 1. The minimum Gasteiger partial charge on any atom is -0.468 e. The second-order valence-electron chi connectivity index (χ2n) is 6.29. The Labute approximate surface area is 166 Å². The molecule has 6 nitrogen and oxygen atoms in total. The van der Waals surface area contributed by atoms with Crippen molar-refractivity contribution in [3.05, 3.63) is 78.4 Å². The van der Waals surface area contributed by atoms with Crippen LogP contribution >= 0.6 is 0 Å². The molecule has 2 atom stereocenters. The van der Waals surface area contributed by atoms with Gasteiger partial charge >= 0.3 is 5.97 Å². The molecule has 0 spiro atoms. The molecule has 0 bridgehead atoms. The minimum absolute atomic E-state index is 0.0624. The predicted molar refractivity (Wildman–Crippen MR) is 107 cm³/mol. The standard InChI is InChI=1S/C21H25NO5S/c1-4-8-19(27-15-17-9-6-5-7-10-17)20(21(23)26-3)22-28(24,25)18-13-11-16(2)12-14-18/h4-7,9-14,19-20,22H,1,8,15H2,2-3H3. The van der Waals surface area contributed by atoms with Crippen LogP contribution in [-0.4, -0.2) is 33.6 Å². The van der Waals surface area contributed by atoms with Gasteiger partial charge in [0.2, 0.25) is 10.0 Å². The number of hydrogen-bond acceptors (Lipinski definition) is 5. The summed E-state index contributed by atoms with van der Waals surface area (Å²) in [6, 6.07) is 14.5. The van der Waals surface area contributed by atoms with Crippen molar-refractivity contribution in [2.24, 2.45) is 0 Å². The molecule has 0 amide bonds. The predicted octanol–water partition coefficient (Wildman–Crippen LogP) is 2.98. The smallest absolute Gasteiger partial charge is 0.326 e. The van der Waals surface area contributed by atoms with Gasteiger partial charge in [-0.2, -0.15) is 4.72 Å². The van der Waals surface area contributed by atoms with Gasteiger partial charge in [0.05, 0.1) is 24.7 Å². The maximum Gasteiger partial charge on any atom is 0.326 e. The quantitative estimate of drug-likeness (QED) is 0.487. The van der Waals surface area contributed by atoms with E-state index in [0.29, 0.717) is 0 Å². The summed E-state index contributed by atoms with van der Waals surface area (Å²) in [4.78, 5) is 12.4. The summed E-state index contributed by atoms with van der Waals surface area (Å²) in [5.41, 5.74) is 1.83. The van der Waals surface area contributed by atoms with E-state index in [1.54, 1.807) is 18.2 Å². The van der Waals surface area contributed by atoms with Crippen LogP contribution in [0, 0.1) is 6.92 Å². The van der Waals surface area contributed by atoms with Gasteiger partial charge in [0, 0.05) is 0 Å². The Bertz CT molecular complexity index is 879. The van der Waals surface area contributed by atoms with Crippen LogP contribution in [0.25, 0.3) is 0 Å². The van der Waals surface area contributed by atoms with Gasteiger partial charge in [-0.1, -0.05) is 54.1 Å². The fourth-order valence-corrected chi connectivity index (χ4v) is 3.81. The van der Waals surface area contributed by atoms with Crippen LogP contribution < -0.4 is 4.72 Å². The average molecular weight is 404 g/mol. The third-order valence-electron chi connectivity index (χ3n) is 4.15. The van der Waals surface area contributed by atoms with Crippen molar-refractivity contribution in [2.45, 2.75) is 37.0 Å². The highest BCUT2D eigenvalue weighted by Gasteiger charge is 2.34. The zero-order chi connectivity index (χ0) is 20.6. The summed E-state index contributed by atoms with van der Waals surface area (Å²) in [5.74, 6) is -0.726. The number of ether oxygens (including phenoxy) is 2. The first-order chi connectivity index (χ1) is 13.4. The number of carbonyl (C=O) groups is 1. The molecule has 2 rings (SSSR count). The summed E-state index contributed by atoms with van der Waals surface area (Å²) >= 11 is 0. The van der Waals surface area contributed by atoms with Gasteiger partial charge in [0.1, 0.15) is 6.04 Å². The molecule has 0 saturated heterocycles. The van der Waals surface area contributed by atoms with Gasteiger partial charge in [-0.15, -0.1) is 6.58 Å². The second-order valence-corrected chi connectivity index (χ2v) is 8.01. The van der Waals surface area contributed by atoms with Gasteiger partial charge in [0.15, 0.2) is 0 Å². The lowest BCUT2D eigenvalue weighted by Gasteiger charge is -2.25. The molecule has 0 fully saturated rings. The van der Waals surface area contributed by atoms with E-state index in [4.69, 9.17) is 9.47 Å². The zero-order valence-electron chi connectivity index (χ0n) is 16.0. The van der Waals surface area contributed by atoms with E-state index in [1.165, 1.54) is 19.2 Å². The van der Waals surface area contributed by atoms with E-state index in [-0.39, 0.29) is 17.9 Å². The van der Waals surface area contributed by atoms with E-state index in [1.807, 2.05) is 37.3 Å². The lowest BCUT2D eigenvalue weighted by molar-refractivity contribution is -0.147. The normalized spacial score (nSPS) is 13.5. The highest BCUT2D eigenvalue weighted by atomic mass is 32.2. The monoisotopic (exact) mass is 403 g/mol. The number of benzene rings is 2. The molecule has 0 aliphatic heterocycles. The van der Waals surface area contributed by atoms with Crippen LogP contribution in [0.3, 0.4) is 0 Å². The van der Waals surface area contributed by atoms with Crippen molar-refractivity contribution in [2.75, 3.05) is 7.11 Å². The van der Waals surface area contributed by atoms with Crippen LogP contribution in [0.5, 0.6) is 0 Å². The third-order valence-corrected chi connectivity index (χ3v) is 5.60. The van der Waals surface area contributed by atoms with Crippen LogP contribution in [0.4, 0.5) is 0 Å². The van der Waals surface area contributed by atoms with Gasteiger partial charge in [0.25, 0.3) is 0 Å². The first kappa shape index (κ1) is 21.8. The van der Waals surface area contributed by atoms with E-state index in [9.17, 15) is 13.2 Å². The lowest BCUT2D eigenvalue weighted by Crippen LogP contribution is -2.50. The molecule has 150 valence electrons. The Morgan fingerprint density at radius 3 is 2.36 bits per heavy atom. The van der Waals surface area contributed by atoms with E-state index in [0.717, 1.165) is 11.1 Å². The second kappa shape index (κ2) is 10.2. The van der Waals surface area contributed by atoms with E-state index < -0.39 is 28.1 Å². The topological polar surface area (TPSA) is 81.7 Å². The molecule has 0 saturated carbocycles. The molecule has 0 aliphatic carbocycles. The van der Waals surface area contributed by atoms with Crippen molar-refractivity contribution in [3.63, 3.8) is 0 Å². The molecule has 0 aromatic heterocycles. The number of rotatable bonds is 10. The fraction of sp³-hybridized carbons (Fsp3) is 0.286. The molecule has 2 aromatic carbocycles. The van der Waals surface area contributed by atoms with Gasteiger partial charge in [-0.25, -0.2) is 8.42 Å². The van der Waals surface area contributed by atoms with Crippen LogP contribution in [0.1, 0.15) is 17.5 Å². The molecule has 0 radical (unpaired) electrons. The van der Waals surface area contributed by atoms with Crippen molar-refractivity contribution < 1.29 is 22.7 Å². The van der Waals surface area contributed by atoms with Gasteiger partial charge in [-0.05, 0) is 31.0 Å². The first-order valence-electron chi connectivity index (χ1n) is 8.80. The molecule has 1 N–H and O–H groups in total. The maximum atomic E-state index is 12.8. The zero-order valence-corrected chi connectivity index (χ0v) is 16.8. The van der Waals surface area contributed by atoms with Gasteiger partial charge < -0.3 is 9.47 Å². The molecule has 2 unspecified atom stereocenters. The Balaban J connectivity index is 2.24.